The fraction of sp³-hybridized carbons (Fsp3) is 0. The molecule has 0 aliphatic heterocycles. The van der Waals surface area contributed by atoms with Gasteiger partial charge in [-0.2, -0.15) is 0 Å². The fourth-order valence-electron chi connectivity index (χ4n) is 4.89. The molecule has 0 saturated heterocycles. The predicted octanol–water partition coefficient (Wildman–Crippen LogP) is 7.18. The zero-order valence-electron chi connectivity index (χ0n) is 18.3. The van der Waals surface area contributed by atoms with E-state index in [2.05, 4.69) is 105 Å². The van der Waals surface area contributed by atoms with E-state index in [1.165, 1.54) is 27.2 Å². The second-order valence-corrected chi connectivity index (χ2v) is 8.42. The van der Waals surface area contributed by atoms with Crippen LogP contribution in [0.15, 0.2) is 122 Å². The van der Waals surface area contributed by atoms with Crippen molar-refractivity contribution < 1.29 is 0 Å². The SMILES string of the molecule is c1ccc(-n2c3ccccc3c3cc4ccn(-c5cccc(-c6ccncc6)n5)c4cc32)cc1. The molecule has 4 heteroatoms. The van der Waals surface area contributed by atoms with Gasteiger partial charge in [-0.3, -0.25) is 4.98 Å². The van der Waals surface area contributed by atoms with Crippen molar-refractivity contribution in [1.29, 1.82) is 0 Å². The van der Waals surface area contributed by atoms with E-state index in [1.807, 2.05) is 18.2 Å². The van der Waals surface area contributed by atoms with Gasteiger partial charge in [0.15, 0.2) is 0 Å². The van der Waals surface area contributed by atoms with Gasteiger partial charge in [0.05, 0.1) is 22.2 Å². The molecule has 0 amide bonds. The highest BCUT2D eigenvalue weighted by Gasteiger charge is 2.15. The Bertz CT molecular complexity index is 1790. The molecule has 0 unspecified atom stereocenters. The first-order valence-corrected chi connectivity index (χ1v) is 11.3. The van der Waals surface area contributed by atoms with Crippen molar-refractivity contribution in [3.8, 4) is 22.8 Å². The first kappa shape index (κ1) is 18.8. The number of hydrogen-bond acceptors (Lipinski definition) is 2. The molecule has 0 atom stereocenters. The van der Waals surface area contributed by atoms with Crippen LogP contribution in [-0.2, 0) is 0 Å². The van der Waals surface area contributed by atoms with Crippen LogP contribution in [0.1, 0.15) is 0 Å². The highest BCUT2D eigenvalue weighted by atomic mass is 15.1. The Balaban J connectivity index is 1.49. The Labute approximate surface area is 196 Å². The number of nitrogens with zero attached hydrogens (tertiary/aromatic N) is 4. The normalized spacial score (nSPS) is 11.5. The van der Waals surface area contributed by atoms with Gasteiger partial charge in [0, 0.05) is 46.0 Å². The van der Waals surface area contributed by atoms with Crippen LogP contribution >= 0.6 is 0 Å². The summed E-state index contributed by atoms with van der Waals surface area (Å²) >= 11 is 0. The minimum Gasteiger partial charge on any atom is -0.309 e. The number of rotatable bonds is 3. The third-order valence-electron chi connectivity index (χ3n) is 6.46. The van der Waals surface area contributed by atoms with Crippen molar-refractivity contribution in [3.63, 3.8) is 0 Å². The Hall–Kier alpha value is -4.70. The molecule has 0 saturated carbocycles. The van der Waals surface area contributed by atoms with Crippen LogP contribution in [0.3, 0.4) is 0 Å². The minimum absolute atomic E-state index is 0.894. The van der Waals surface area contributed by atoms with Crippen LogP contribution in [0.5, 0.6) is 0 Å². The molecule has 4 nitrogen and oxygen atoms in total. The second kappa shape index (κ2) is 7.42. The standard InChI is InChI=1S/C30H20N4/c1-2-7-23(8-3-1)34-27-11-5-4-9-24(27)25-19-22-15-18-33(28(22)20-29(25)34)30-12-6-10-26(32-30)21-13-16-31-17-14-21/h1-20H. The van der Waals surface area contributed by atoms with Gasteiger partial charge < -0.3 is 9.13 Å². The van der Waals surface area contributed by atoms with Gasteiger partial charge in [-0.05, 0) is 60.7 Å². The lowest BCUT2D eigenvalue weighted by atomic mass is 10.1. The summed E-state index contributed by atoms with van der Waals surface area (Å²) in [4.78, 5) is 9.10. The summed E-state index contributed by atoms with van der Waals surface area (Å²) in [6.45, 7) is 0. The summed E-state index contributed by atoms with van der Waals surface area (Å²) < 4.78 is 4.52. The molecule has 160 valence electrons. The van der Waals surface area contributed by atoms with Gasteiger partial charge in [-0.1, -0.05) is 42.5 Å². The topological polar surface area (TPSA) is 35.6 Å². The van der Waals surface area contributed by atoms with Crippen molar-refractivity contribution in [2.75, 3.05) is 0 Å². The van der Waals surface area contributed by atoms with E-state index in [0.29, 0.717) is 0 Å². The van der Waals surface area contributed by atoms with Gasteiger partial charge in [0.25, 0.3) is 0 Å². The number of fused-ring (bicyclic) bond motifs is 4. The van der Waals surface area contributed by atoms with Crippen molar-refractivity contribution in [1.82, 2.24) is 19.1 Å². The first-order chi connectivity index (χ1) is 16.9. The minimum atomic E-state index is 0.894. The van der Waals surface area contributed by atoms with Crippen LogP contribution in [-0.4, -0.2) is 19.1 Å². The van der Waals surface area contributed by atoms with E-state index >= 15 is 0 Å². The largest absolute Gasteiger partial charge is 0.309 e. The smallest absolute Gasteiger partial charge is 0.137 e. The molecular formula is C30H20N4. The molecule has 7 aromatic rings. The Morgan fingerprint density at radius 3 is 2.29 bits per heavy atom. The third-order valence-corrected chi connectivity index (χ3v) is 6.46. The van der Waals surface area contributed by atoms with Crippen LogP contribution < -0.4 is 0 Å². The van der Waals surface area contributed by atoms with Crippen molar-refractivity contribution in [3.05, 3.63) is 122 Å². The van der Waals surface area contributed by atoms with E-state index in [0.717, 1.165) is 28.3 Å². The van der Waals surface area contributed by atoms with Gasteiger partial charge in [-0.15, -0.1) is 0 Å². The Kier molecular flexibility index (Phi) is 4.11. The predicted molar refractivity (Wildman–Crippen MR) is 139 cm³/mol. The van der Waals surface area contributed by atoms with Gasteiger partial charge in [0.1, 0.15) is 5.82 Å². The maximum Gasteiger partial charge on any atom is 0.137 e. The number of hydrogen-bond donors (Lipinski definition) is 0. The molecule has 0 bridgehead atoms. The second-order valence-electron chi connectivity index (χ2n) is 8.42. The molecule has 0 N–H and O–H groups in total. The molecule has 0 spiro atoms. The lowest BCUT2D eigenvalue weighted by Gasteiger charge is -2.10. The van der Waals surface area contributed by atoms with Crippen LogP contribution in [0.2, 0.25) is 0 Å². The Morgan fingerprint density at radius 2 is 1.41 bits per heavy atom. The zero-order valence-corrected chi connectivity index (χ0v) is 18.3. The fourth-order valence-corrected chi connectivity index (χ4v) is 4.89. The summed E-state index contributed by atoms with van der Waals surface area (Å²) in [7, 11) is 0. The summed E-state index contributed by atoms with van der Waals surface area (Å²) in [6.07, 6.45) is 5.71. The van der Waals surface area contributed by atoms with Gasteiger partial charge in [-0.25, -0.2) is 4.98 Å². The number of benzene rings is 3. The molecular weight excluding hydrogens is 416 g/mol. The maximum absolute atomic E-state index is 4.97. The summed E-state index contributed by atoms with van der Waals surface area (Å²) in [6, 6.07) is 36.1. The van der Waals surface area contributed by atoms with E-state index in [4.69, 9.17) is 4.98 Å². The number of aromatic nitrogens is 4. The molecule has 4 heterocycles. The van der Waals surface area contributed by atoms with Crippen molar-refractivity contribution in [2.45, 2.75) is 0 Å². The monoisotopic (exact) mass is 436 g/mol. The van der Waals surface area contributed by atoms with E-state index in [-0.39, 0.29) is 0 Å². The average Bonchev–Trinajstić information content (AvgIpc) is 3.47. The van der Waals surface area contributed by atoms with Crippen LogP contribution in [0, 0.1) is 0 Å². The molecule has 3 aromatic carbocycles. The maximum atomic E-state index is 4.97. The Morgan fingerprint density at radius 1 is 0.588 bits per heavy atom. The molecule has 7 rings (SSSR count). The first-order valence-electron chi connectivity index (χ1n) is 11.3. The highest BCUT2D eigenvalue weighted by Crippen LogP contribution is 2.35. The van der Waals surface area contributed by atoms with E-state index in [9.17, 15) is 0 Å². The molecule has 0 radical (unpaired) electrons. The van der Waals surface area contributed by atoms with Crippen LogP contribution in [0.4, 0.5) is 0 Å². The van der Waals surface area contributed by atoms with Gasteiger partial charge >= 0.3 is 0 Å². The van der Waals surface area contributed by atoms with E-state index in [1.54, 1.807) is 12.4 Å². The van der Waals surface area contributed by atoms with Crippen molar-refractivity contribution in [2.24, 2.45) is 0 Å². The lowest BCUT2D eigenvalue weighted by Crippen LogP contribution is -1.98. The molecule has 4 aromatic heterocycles. The zero-order chi connectivity index (χ0) is 22.5. The summed E-state index contributed by atoms with van der Waals surface area (Å²) in [5.41, 5.74) is 6.67. The van der Waals surface area contributed by atoms with Crippen molar-refractivity contribution >= 4 is 32.7 Å². The van der Waals surface area contributed by atoms with Gasteiger partial charge in [0.2, 0.25) is 0 Å². The molecule has 0 fully saturated rings. The average molecular weight is 437 g/mol. The lowest BCUT2D eigenvalue weighted by molar-refractivity contribution is 1.05. The number of pyridine rings is 2. The number of para-hydroxylation sites is 2. The third kappa shape index (κ3) is 2.86. The molecule has 0 aliphatic rings. The highest BCUT2D eigenvalue weighted by molar-refractivity contribution is 6.13. The van der Waals surface area contributed by atoms with Crippen LogP contribution in [0.25, 0.3) is 55.5 Å². The molecule has 34 heavy (non-hydrogen) atoms. The molecule has 0 aliphatic carbocycles. The summed E-state index contributed by atoms with van der Waals surface area (Å²) in [5.74, 6) is 0.894. The quantitative estimate of drug-likeness (QED) is 0.294. The summed E-state index contributed by atoms with van der Waals surface area (Å²) in [5, 5.41) is 3.71. The van der Waals surface area contributed by atoms with E-state index < -0.39 is 0 Å².